The van der Waals surface area contributed by atoms with Gasteiger partial charge in [-0.05, 0) is 37.6 Å². The van der Waals surface area contributed by atoms with Crippen molar-refractivity contribution >= 4 is 39.0 Å². The Balaban J connectivity index is 1.86. The van der Waals surface area contributed by atoms with Gasteiger partial charge in [-0.2, -0.15) is 0 Å². The molecule has 0 spiro atoms. The number of nitrogens with zero attached hydrogens (tertiary/aromatic N) is 4. The van der Waals surface area contributed by atoms with Gasteiger partial charge >= 0.3 is 0 Å². The Morgan fingerprint density at radius 3 is 2.68 bits per heavy atom. The average molecular weight is 437 g/mol. The Labute approximate surface area is 170 Å². The SMILES string of the molecule is CC(C)n1cnc2c(-c3ccccc3/C(F)=C/c3cccc(Br)c3)ncnc21. The quantitative estimate of drug-likeness (QED) is 0.352. The monoisotopic (exact) mass is 436 g/mol. The van der Waals surface area contributed by atoms with E-state index in [0.717, 1.165) is 15.7 Å². The first kappa shape index (κ1) is 18.5. The van der Waals surface area contributed by atoms with Gasteiger partial charge in [0.25, 0.3) is 0 Å². The van der Waals surface area contributed by atoms with Crippen LogP contribution in [0.25, 0.3) is 34.3 Å². The summed E-state index contributed by atoms with van der Waals surface area (Å²) < 4.78 is 18.1. The summed E-state index contributed by atoms with van der Waals surface area (Å²) in [4.78, 5) is 13.3. The molecule has 0 aliphatic rings. The number of fused-ring (bicyclic) bond motifs is 1. The highest BCUT2D eigenvalue weighted by Gasteiger charge is 2.17. The molecule has 4 aromatic rings. The van der Waals surface area contributed by atoms with Crippen molar-refractivity contribution in [1.82, 2.24) is 19.5 Å². The number of aromatic nitrogens is 4. The summed E-state index contributed by atoms with van der Waals surface area (Å²) in [7, 11) is 0. The lowest BCUT2D eigenvalue weighted by molar-refractivity contribution is 0.612. The standard InChI is InChI=1S/C22H18BrFN4/c1-14(2)28-13-27-21-20(25-12-26-22(21)28)18-9-4-3-8-17(18)19(24)11-15-6-5-7-16(23)10-15/h3-14H,1-2H3/b19-11-. The number of rotatable bonds is 4. The number of imidazole rings is 1. The van der Waals surface area contributed by atoms with Crippen molar-refractivity contribution < 1.29 is 4.39 Å². The summed E-state index contributed by atoms with van der Waals surface area (Å²) in [5.41, 5.74) is 3.97. The van der Waals surface area contributed by atoms with Crippen molar-refractivity contribution in [3.63, 3.8) is 0 Å². The molecule has 2 aromatic carbocycles. The maximum absolute atomic E-state index is 15.2. The molecular formula is C22H18BrFN4. The van der Waals surface area contributed by atoms with E-state index in [9.17, 15) is 0 Å². The van der Waals surface area contributed by atoms with Crippen LogP contribution in [0.15, 0.2) is 65.7 Å². The molecule has 140 valence electrons. The molecule has 2 aromatic heterocycles. The smallest absolute Gasteiger partial charge is 0.164 e. The van der Waals surface area contributed by atoms with Crippen molar-refractivity contribution in [2.45, 2.75) is 19.9 Å². The molecule has 28 heavy (non-hydrogen) atoms. The maximum atomic E-state index is 15.2. The number of hydrogen-bond acceptors (Lipinski definition) is 3. The van der Waals surface area contributed by atoms with Gasteiger partial charge in [-0.15, -0.1) is 0 Å². The Kier molecular flexibility index (Phi) is 5.05. The lowest BCUT2D eigenvalue weighted by Crippen LogP contribution is -2.00. The van der Waals surface area contributed by atoms with Crippen LogP contribution >= 0.6 is 15.9 Å². The van der Waals surface area contributed by atoms with Gasteiger partial charge in [0, 0.05) is 21.6 Å². The first-order valence-corrected chi connectivity index (χ1v) is 9.74. The van der Waals surface area contributed by atoms with E-state index < -0.39 is 0 Å². The maximum Gasteiger partial charge on any atom is 0.164 e. The Hall–Kier alpha value is -2.86. The van der Waals surface area contributed by atoms with Gasteiger partial charge in [0.2, 0.25) is 0 Å². The molecule has 0 saturated heterocycles. The zero-order valence-corrected chi connectivity index (χ0v) is 17.1. The molecule has 0 bridgehead atoms. The molecule has 0 fully saturated rings. The van der Waals surface area contributed by atoms with Gasteiger partial charge < -0.3 is 4.57 Å². The normalized spacial score (nSPS) is 12.1. The number of halogens is 2. The molecular weight excluding hydrogens is 419 g/mol. The van der Waals surface area contributed by atoms with E-state index in [2.05, 4.69) is 44.7 Å². The zero-order chi connectivity index (χ0) is 19.7. The second-order valence-corrected chi connectivity index (χ2v) is 7.65. The molecule has 0 unspecified atom stereocenters. The summed E-state index contributed by atoms with van der Waals surface area (Å²) in [5.74, 6) is -0.330. The van der Waals surface area contributed by atoms with E-state index in [0.29, 0.717) is 22.3 Å². The molecule has 2 heterocycles. The van der Waals surface area contributed by atoms with Crippen molar-refractivity contribution in [3.05, 3.63) is 76.8 Å². The van der Waals surface area contributed by atoms with Crippen LogP contribution in [-0.2, 0) is 0 Å². The fourth-order valence-electron chi connectivity index (χ4n) is 3.15. The second kappa shape index (κ2) is 7.64. The number of hydrogen-bond donors (Lipinski definition) is 0. The molecule has 0 radical (unpaired) electrons. The van der Waals surface area contributed by atoms with E-state index in [1.54, 1.807) is 12.4 Å². The van der Waals surface area contributed by atoms with Crippen molar-refractivity contribution in [3.8, 4) is 11.3 Å². The van der Waals surface area contributed by atoms with Crippen LogP contribution in [0.3, 0.4) is 0 Å². The van der Waals surface area contributed by atoms with Gasteiger partial charge in [0.15, 0.2) is 5.65 Å². The summed E-state index contributed by atoms with van der Waals surface area (Å²) in [5, 5.41) is 0. The van der Waals surface area contributed by atoms with Crippen LogP contribution in [0, 0.1) is 0 Å². The van der Waals surface area contributed by atoms with Crippen molar-refractivity contribution in [2.75, 3.05) is 0 Å². The van der Waals surface area contributed by atoms with Crippen LogP contribution in [0.5, 0.6) is 0 Å². The molecule has 6 heteroatoms. The van der Waals surface area contributed by atoms with Crippen molar-refractivity contribution in [1.29, 1.82) is 0 Å². The Bertz CT molecular complexity index is 1180. The Morgan fingerprint density at radius 2 is 1.89 bits per heavy atom. The van der Waals surface area contributed by atoms with Crippen LogP contribution in [0.1, 0.15) is 31.0 Å². The van der Waals surface area contributed by atoms with E-state index in [1.165, 1.54) is 12.4 Å². The minimum Gasteiger partial charge on any atom is -0.313 e. The second-order valence-electron chi connectivity index (χ2n) is 6.73. The lowest BCUT2D eigenvalue weighted by Gasteiger charge is -2.10. The molecule has 0 aliphatic carbocycles. The predicted octanol–water partition coefficient (Wildman–Crippen LogP) is 6.30. The largest absolute Gasteiger partial charge is 0.313 e. The highest BCUT2D eigenvalue weighted by atomic mass is 79.9. The molecule has 0 saturated carbocycles. The van der Waals surface area contributed by atoms with Crippen LogP contribution in [0.2, 0.25) is 0 Å². The molecule has 0 aliphatic heterocycles. The van der Waals surface area contributed by atoms with Crippen molar-refractivity contribution in [2.24, 2.45) is 0 Å². The van der Waals surface area contributed by atoms with E-state index in [1.807, 2.05) is 47.0 Å². The minimum absolute atomic E-state index is 0.219. The third-order valence-electron chi connectivity index (χ3n) is 4.50. The summed E-state index contributed by atoms with van der Waals surface area (Å²) in [6, 6.07) is 15.0. The fourth-order valence-corrected chi connectivity index (χ4v) is 3.56. The Morgan fingerprint density at radius 1 is 1.07 bits per heavy atom. The van der Waals surface area contributed by atoms with E-state index in [-0.39, 0.29) is 11.9 Å². The lowest BCUT2D eigenvalue weighted by atomic mass is 10.0. The predicted molar refractivity (Wildman–Crippen MR) is 114 cm³/mol. The van der Waals surface area contributed by atoms with Gasteiger partial charge in [-0.3, -0.25) is 0 Å². The third kappa shape index (κ3) is 3.47. The molecule has 4 nitrogen and oxygen atoms in total. The third-order valence-corrected chi connectivity index (χ3v) is 4.99. The van der Waals surface area contributed by atoms with Crippen LogP contribution in [-0.4, -0.2) is 19.5 Å². The van der Waals surface area contributed by atoms with Crippen LogP contribution in [0.4, 0.5) is 4.39 Å². The van der Waals surface area contributed by atoms with Gasteiger partial charge in [0.05, 0.1) is 6.33 Å². The first-order chi connectivity index (χ1) is 13.5. The van der Waals surface area contributed by atoms with Gasteiger partial charge in [0.1, 0.15) is 23.4 Å². The highest BCUT2D eigenvalue weighted by molar-refractivity contribution is 9.10. The highest BCUT2D eigenvalue weighted by Crippen LogP contribution is 2.33. The summed E-state index contributed by atoms with van der Waals surface area (Å²) in [6.45, 7) is 4.13. The average Bonchev–Trinajstić information content (AvgIpc) is 3.12. The van der Waals surface area contributed by atoms with Crippen LogP contribution < -0.4 is 0 Å². The molecule has 0 atom stereocenters. The minimum atomic E-state index is -0.330. The molecule has 0 amide bonds. The van der Waals surface area contributed by atoms with Gasteiger partial charge in [-0.1, -0.05) is 52.3 Å². The summed E-state index contributed by atoms with van der Waals surface area (Å²) in [6.07, 6.45) is 4.78. The molecule has 0 N–H and O–H groups in total. The first-order valence-electron chi connectivity index (χ1n) is 8.94. The fraction of sp³-hybridized carbons (Fsp3) is 0.136. The van der Waals surface area contributed by atoms with Gasteiger partial charge in [-0.25, -0.2) is 19.3 Å². The van der Waals surface area contributed by atoms with E-state index in [4.69, 9.17) is 0 Å². The summed E-state index contributed by atoms with van der Waals surface area (Å²) >= 11 is 3.42. The number of benzene rings is 2. The zero-order valence-electron chi connectivity index (χ0n) is 15.5. The molecule has 4 rings (SSSR count). The van der Waals surface area contributed by atoms with E-state index >= 15 is 4.39 Å². The topological polar surface area (TPSA) is 43.6 Å².